The zero-order valence-corrected chi connectivity index (χ0v) is 11.2. The number of aromatic hydroxyl groups is 1. The number of hydrogen-bond donors (Lipinski definition) is 1. The minimum Gasteiger partial charge on any atom is -0.508 e. The Morgan fingerprint density at radius 1 is 1.11 bits per heavy atom. The van der Waals surface area contributed by atoms with Gasteiger partial charge < -0.3 is 14.9 Å². The van der Waals surface area contributed by atoms with Crippen molar-refractivity contribution < 1.29 is 13.9 Å². The highest BCUT2D eigenvalue weighted by molar-refractivity contribution is 5.33. The topological polar surface area (TPSA) is 26.7 Å². The molecule has 0 amide bonds. The summed E-state index contributed by atoms with van der Waals surface area (Å²) in [6, 6.07) is 1.94. The number of phenols is 1. The predicted molar refractivity (Wildman–Crippen MR) is 70.3 cm³/mol. The monoisotopic (exact) mass is 270 g/mol. The molecule has 0 radical (unpaired) electrons. The molecule has 0 atom stereocenters. The van der Waals surface area contributed by atoms with Gasteiger partial charge in [-0.25, -0.2) is 8.78 Å². The van der Waals surface area contributed by atoms with Crippen molar-refractivity contribution in [1.29, 1.82) is 0 Å². The highest BCUT2D eigenvalue weighted by Gasteiger charge is 2.14. The van der Waals surface area contributed by atoms with Crippen LogP contribution in [0.5, 0.6) is 5.75 Å². The fourth-order valence-corrected chi connectivity index (χ4v) is 2.34. The van der Waals surface area contributed by atoms with Gasteiger partial charge in [0, 0.05) is 32.2 Å². The number of aryl methyl sites for hydroxylation is 1. The van der Waals surface area contributed by atoms with Crippen LogP contribution >= 0.6 is 0 Å². The Labute approximate surface area is 112 Å². The summed E-state index contributed by atoms with van der Waals surface area (Å²) in [5.41, 5.74) is 0.480. The van der Waals surface area contributed by atoms with E-state index in [2.05, 4.69) is 16.8 Å². The first-order valence-electron chi connectivity index (χ1n) is 6.64. The first-order valence-corrected chi connectivity index (χ1v) is 6.64. The van der Waals surface area contributed by atoms with Crippen molar-refractivity contribution in [1.82, 2.24) is 9.80 Å². The maximum atomic E-state index is 13.1. The van der Waals surface area contributed by atoms with Crippen LogP contribution in [0.3, 0.4) is 0 Å². The maximum Gasteiger partial charge on any atom is 0.162 e. The highest BCUT2D eigenvalue weighted by Crippen LogP contribution is 2.22. The van der Waals surface area contributed by atoms with Crippen molar-refractivity contribution >= 4 is 0 Å². The lowest BCUT2D eigenvalue weighted by molar-refractivity contribution is 0.153. The van der Waals surface area contributed by atoms with E-state index in [1.807, 2.05) is 0 Å². The molecule has 0 aliphatic carbocycles. The van der Waals surface area contributed by atoms with Gasteiger partial charge >= 0.3 is 0 Å². The Bertz CT molecular complexity index is 432. The summed E-state index contributed by atoms with van der Waals surface area (Å²) < 4.78 is 25.9. The standard InChI is InChI=1S/C14H20F2N2O/c1-17-5-7-18(8-6-17)4-2-3-11-9-12(15)13(16)10-14(11)19/h9-10,19H,2-8H2,1H3. The van der Waals surface area contributed by atoms with Gasteiger partial charge in [-0.2, -0.15) is 0 Å². The van der Waals surface area contributed by atoms with Crippen molar-refractivity contribution in [3.05, 3.63) is 29.3 Å². The second-order valence-electron chi connectivity index (χ2n) is 5.14. The summed E-state index contributed by atoms with van der Waals surface area (Å²) in [6.45, 7) is 5.14. The third-order valence-electron chi connectivity index (χ3n) is 3.64. The minimum absolute atomic E-state index is 0.155. The van der Waals surface area contributed by atoms with Crippen LogP contribution in [0.4, 0.5) is 8.78 Å². The molecule has 1 N–H and O–H groups in total. The molecule has 1 aliphatic heterocycles. The van der Waals surface area contributed by atoms with Crippen LogP contribution in [0.2, 0.25) is 0 Å². The molecule has 0 saturated carbocycles. The van der Waals surface area contributed by atoms with Crippen LogP contribution in [-0.2, 0) is 6.42 Å². The Balaban J connectivity index is 1.81. The molecule has 1 heterocycles. The molecule has 19 heavy (non-hydrogen) atoms. The van der Waals surface area contributed by atoms with Gasteiger partial charge in [0.2, 0.25) is 0 Å². The molecule has 2 rings (SSSR count). The average molecular weight is 270 g/mol. The van der Waals surface area contributed by atoms with Crippen molar-refractivity contribution in [3.8, 4) is 5.75 Å². The summed E-state index contributed by atoms with van der Waals surface area (Å²) >= 11 is 0. The van der Waals surface area contributed by atoms with Gasteiger partial charge in [0.25, 0.3) is 0 Å². The second-order valence-corrected chi connectivity index (χ2v) is 5.14. The molecule has 0 aromatic heterocycles. The van der Waals surface area contributed by atoms with E-state index in [1.165, 1.54) is 0 Å². The Morgan fingerprint density at radius 3 is 2.42 bits per heavy atom. The van der Waals surface area contributed by atoms with Gasteiger partial charge in [-0.3, -0.25) is 0 Å². The van der Waals surface area contributed by atoms with Crippen molar-refractivity contribution in [2.75, 3.05) is 39.8 Å². The number of hydrogen-bond acceptors (Lipinski definition) is 3. The first kappa shape index (κ1) is 14.2. The lowest BCUT2D eigenvalue weighted by atomic mass is 10.1. The quantitative estimate of drug-likeness (QED) is 0.904. The Morgan fingerprint density at radius 2 is 1.74 bits per heavy atom. The zero-order chi connectivity index (χ0) is 13.8. The molecule has 1 aromatic rings. The van der Waals surface area contributed by atoms with Crippen molar-refractivity contribution in [3.63, 3.8) is 0 Å². The second kappa shape index (κ2) is 6.30. The number of phenolic OH excluding ortho intramolecular Hbond substituents is 1. The van der Waals surface area contributed by atoms with Gasteiger partial charge in [-0.1, -0.05) is 0 Å². The van der Waals surface area contributed by atoms with Gasteiger partial charge in [0.15, 0.2) is 11.6 Å². The van der Waals surface area contributed by atoms with E-state index in [1.54, 1.807) is 0 Å². The normalized spacial score (nSPS) is 17.8. The van der Waals surface area contributed by atoms with E-state index in [0.29, 0.717) is 12.0 Å². The summed E-state index contributed by atoms with van der Waals surface area (Å²) in [4.78, 5) is 4.65. The molecule has 106 valence electrons. The van der Waals surface area contributed by atoms with Crippen LogP contribution in [0.25, 0.3) is 0 Å². The van der Waals surface area contributed by atoms with E-state index < -0.39 is 11.6 Å². The van der Waals surface area contributed by atoms with Crippen LogP contribution in [0, 0.1) is 11.6 Å². The minimum atomic E-state index is -1.000. The van der Waals surface area contributed by atoms with Gasteiger partial charge in [0.05, 0.1) is 0 Å². The summed E-state index contributed by atoms with van der Waals surface area (Å²) in [7, 11) is 2.11. The number of nitrogens with zero attached hydrogens (tertiary/aromatic N) is 2. The third-order valence-corrected chi connectivity index (χ3v) is 3.64. The number of piperazine rings is 1. The zero-order valence-electron chi connectivity index (χ0n) is 11.2. The van der Waals surface area contributed by atoms with Crippen molar-refractivity contribution in [2.45, 2.75) is 12.8 Å². The molecular weight excluding hydrogens is 250 g/mol. The van der Waals surface area contributed by atoms with Crippen LogP contribution < -0.4 is 0 Å². The molecular formula is C14H20F2N2O. The summed E-state index contributed by atoms with van der Waals surface area (Å²) in [5, 5.41) is 9.56. The molecule has 1 aliphatic rings. The smallest absolute Gasteiger partial charge is 0.162 e. The van der Waals surface area contributed by atoms with E-state index in [0.717, 1.165) is 51.3 Å². The molecule has 0 bridgehead atoms. The molecule has 5 heteroatoms. The number of halogens is 2. The van der Waals surface area contributed by atoms with Gasteiger partial charge in [-0.05, 0) is 38.1 Å². The van der Waals surface area contributed by atoms with Crippen LogP contribution in [-0.4, -0.2) is 54.7 Å². The molecule has 1 aromatic carbocycles. The van der Waals surface area contributed by atoms with Crippen LogP contribution in [0.1, 0.15) is 12.0 Å². The lowest BCUT2D eigenvalue weighted by Crippen LogP contribution is -2.44. The third kappa shape index (κ3) is 3.88. The predicted octanol–water partition coefficient (Wildman–Crippen LogP) is 1.85. The fourth-order valence-electron chi connectivity index (χ4n) is 2.34. The highest BCUT2D eigenvalue weighted by atomic mass is 19.2. The number of benzene rings is 1. The fraction of sp³-hybridized carbons (Fsp3) is 0.571. The molecule has 3 nitrogen and oxygen atoms in total. The molecule has 1 fully saturated rings. The number of rotatable bonds is 4. The molecule has 0 spiro atoms. The molecule has 0 unspecified atom stereocenters. The summed E-state index contributed by atoms with van der Waals surface area (Å²) in [5.74, 6) is -2.05. The Hall–Kier alpha value is -1.20. The largest absolute Gasteiger partial charge is 0.508 e. The van der Waals surface area contributed by atoms with E-state index >= 15 is 0 Å². The molecule has 1 saturated heterocycles. The SMILES string of the molecule is CN1CCN(CCCc2cc(F)c(F)cc2O)CC1. The first-order chi connectivity index (χ1) is 9.06. The van der Waals surface area contributed by atoms with E-state index in [9.17, 15) is 13.9 Å². The van der Waals surface area contributed by atoms with E-state index in [-0.39, 0.29) is 5.75 Å². The van der Waals surface area contributed by atoms with E-state index in [4.69, 9.17) is 0 Å². The lowest BCUT2D eigenvalue weighted by Gasteiger charge is -2.32. The number of likely N-dealkylation sites (N-methyl/N-ethyl adjacent to an activating group) is 1. The average Bonchev–Trinajstić information content (AvgIpc) is 2.38. The van der Waals surface area contributed by atoms with Crippen LogP contribution in [0.15, 0.2) is 12.1 Å². The maximum absolute atomic E-state index is 13.1. The summed E-state index contributed by atoms with van der Waals surface area (Å²) in [6.07, 6.45) is 1.40. The van der Waals surface area contributed by atoms with Crippen molar-refractivity contribution in [2.24, 2.45) is 0 Å². The van der Waals surface area contributed by atoms with Gasteiger partial charge in [-0.15, -0.1) is 0 Å². The van der Waals surface area contributed by atoms with Gasteiger partial charge in [0.1, 0.15) is 5.75 Å². The Kier molecular flexibility index (Phi) is 4.71.